The summed E-state index contributed by atoms with van der Waals surface area (Å²) in [4.78, 5) is 29.4. The van der Waals surface area contributed by atoms with Crippen LogP contribution in [0.3, 0.4) is 0 Å². The molecule has 0 N–H and O–H groups in total. The van der Waals surface area contributed by atoms with Crippen molar-refractivity contribution in [1.29, 1.82) is 0 Å². The van der Waals surface area contributed by atoms with Gasteiger partial charge in [0.2, 0.25) is 11.8 Å². The van der Waals surface area contributed by atoms with E-state index in [0.29, 0.717) is 19.0 Å². The first-order chi connectivity index (χ1) is 15.0. The van der Waals surface area contributed by atoms with E-state index in [1.165, 1.54) is 6.42 Å². The quantitative estimate of drug-likeness (QED) is 0.692. The molecule has 2 aromatic rings. The molecule has 1 aromatic heterocycles. The Bertz CT molecular complexity index is 947. The van der Waals surface area contributed by atoms with Crippen molar-refractivity contribution in [3.63, 3.8) is 0 Å². The molecule has 2 amide bonds. The molecule has 3 heterocycles. The van der Waals surface area contributed by atoms with Gasteiger partial charge in [-0.25, -0.2) is 0 Å². The Morgan fingerprint density at radius 3 is 2.26 bits per heavy atom. The Hall–Kier alpha value is -2.82. The van der Waals surface area contributed by atoms with Gasteiger partial charge in [0.1, 0.15) is 0 Å². The van der Waals surface area contributed by atoms with Crippen LogP contribution in [-0.2, 0) is 9.59 Å². The number of aromatic nitrogens is 1. The van der Waals surface area contributed by atoms with Crippen molar-refractivity contribution < 1.29 is 9.59 Å². The molecule has 4 rings (SSSR count). The maximum absolute atomic E-state index is 12.8. The normalized spacial score (nSPS) is 18.0. The summed E-state index contributed by atoms with van der Waals surface area (Å²) in [5.74, 6) is 0.417. The van der Waals surface area contributed by atoms with E-state index >= 15 is 0 Å². The first kappa shape index (κ1) is 21.4. The zero-order chi connectivity index (χ0) is 21.8. The van der Waals surface area contributed by atoms with Crippen LogP contribution in [0.2, 0.25) is 0 Å². The van der Waals surface area contributed by atoms with Gasteiger partial charge in [0, 0.05) is 55.2 Å². The highest BCUT2D eigenvalue weighted by Crippen LogP contribution is 2.24. The van der Waals surface area contributed by atoms with Gasteiger partial charge >= 0.3 is 0 Å². The summed E-state index contributed by atoms with van der Waals surface area (Å²) < 4.78 is 2.21. The molecule has 2 fully saturated rings. The van der Waals surface area contributed by atoms with E-state index in [-0.39, 0.29) is 11.8 Å². The highest BCUT2D eigenvalue weighted by atomic mass is 16.2. The lowest BCUT2D eigenvalue weighted by atomic mass is 9.94. The summed E-state index contributed by atoms with van der Waals surface area (Å²) in [7, 11) is 0. The fourth-order valence-electron chi connectivity index (χ4n) is 4.92. The zero-order valence-corrected chi connectivity index (χ0v) is 18.7. The molecule has 5 nitrogen and oxygen atoms in total. The smallest absolute Gasteiger partial charge is 0.246 e. The Kier molecular flexibility index (Phi) is 6.59. The van der Waals surface area contributed by atoms with Gasteiger partial charge < -0.3 is 14.4 Å². The number of carbonyl (C=O) groups is 2. The fourth-order valence-corrected chi connectivity index (χ4v) is 4.92. The van der Waals surface area contributed by atoms with E-state index in [4.69, 9.17) is 0 Å². The van der Waals surface area contributed by atoms with Crippen LogP contribution in [0, 0.1) is 19.8 Å². The highest BCUT2D eigenvalue weighted by Gasteiger charge is 2.30. The lowest BCUT2D eigenvalue weighted by Gasteiger charge is -2.35. The van der Waals surface area contributed by atoms with E-state index in [0.717, 1.165) is 61.4 Å². The SMILES string of the molecule is Cc1cc(/C=C/C(=O)N2CCC(C(=O)N3CCCCC3)CC2)c(C)n1-c1ccccc1. The van der Waals surface area contributed by atoms with Gasteiger partial charge in [0.05, 0.1) is 0 Å². The fraction of sp³-hybridized carbons (Fsp3) is 0.462. The number of rotatable bonds is 4. The van der Waals surface area contributed by atoms with Gasteiger partial charge in [-0.2, -0.15) is 0 Å². The number of aryl methyl sites for hydroxylation is 1. The summed E-state index contributed by atoms with van der Waals surface area (Å²) in [6.45, 7) is 7.31. The Balaban J connectivity index is 1.36. The number of piperidine rings is 2. The Morgan fingerprint density at radius 1 is 0.903 bits per heavy atom. The predicted molar refractivity (Wildman–Crippen MR) is 124 cm³/mol. The third kappa shape index (κ3) is 4.76. The number of hydrogen-bond acceptors (Lipinski definition) is 2. The molecule has 2 aliphatic rings. The van der Waals surface area contributed by atoms with Crippen molar-refractivity contribution in [1.82, 2.24) is 14.4 Å². The van der Waals surface area contributed by atoms with Gasteiger partial charge in [-0.1, -0.05) is 18.2 Å². The van der Waals surface area contributed by atoms with Crippen LogP contribution in [-0.4, -0.2) is 52.4 Å². The Morgan fingerprint density at radius 2 is 1.58 bits per heavy atom. The van der Waals surface area contributed by atoms with E-state index in [1.807, 2.05) is 34.1 Å². The number of carbonyl (C=O) groups excluding carboxylic acids is 2. The van der Waals surface area contributed by atoms with Crippen LogP contribution in [0.1, 0.15) is 49.1 Å². The third-order valence-electron chi connectivity index (χ3n) is 6.71. The van der Waals surface area contributed by atoms with Crippen molar-refractivity contribution in [3.8, 4) is 5.69 Å². The first-order valence-electron chi connectivity index (χ1n) is 11.5. The monoisotopic (exact) mass is 419 g/mol. The zero-order valence-electron chi connectivity index (χ0n) is 18.7. The van der Waals surface area contributed by atoms with Gasteiger partial charge in [0.25, 0.3) is 0 Å². The molecular weight excluding hydrogens is 386 g/mol. The van der Waals surface area contributed by atoms with Gasteiger partial charge in [0.15, 0.2) is 0 Å². The predicted octanol–water partition coefficient (Wildman–Crippen LogP) is 4.36. The van der Waals surface area contributed by atoms with Crippen LogP contribution >= 0.6 is 0 Å². The van der Waals surface area contributed by atoms with Crippen LogP contribution in [0.5, 0.6) is 0 Å². The molecule has 0 radical (unpaired) electrons. The number of likely N-dealkylation sites (tertiary alicyclic amines) is 2. The van der Waals surface area contributed by atoms with Crippen molar-refractivity contribution in [3.05, 3.63) is 59.4 Å². The van der Waals surface area contributed by atoms with Crippen molar-refractivity contribution in [2.75, 3.05) is 26.2 Å². The molecule has 164 valence electrons. The average Bonchev–Trinajstić information content (AvgIpc) is 3.11. The number of benzene rings is 1. The van der Waals surface area contributed by atoms with Crippen molar-refractivity contribution in [2.45, 2.75) is 46.0 Å². The lowest BCUT2D eigenvalue weighted by molar-refractivity contribution is -0.140. The first-order valence-corrected chi connectivity index (χ1v) is 11.5. The molecule has 0 aliphatic carbocycles. The van der Waals surface area contributed by atoms with Crippen LogP contribution in [0.25, 0.3) is 11.8 Å². The Labute approximate surface area is 185 Å². The summed E-state index contributed by atoms with van der Waals surface area (Å²) >= 11 is 0. The molecule has 0 atom stereocenters. The van der Waals surface area contributed by atoms with Crippen LogP contribution < -0.4 is 0 Å². The number of para-hydroxylation sites is 1. The third-order valence-corrected chi connectivity index (χ3v) is 6.71. The molecule has 0 saturated carbocycles. The summed E-state index contributed by atoms with van der Waals surface area (Å²) in [5.41, 5.74) is 4.46. The van der Waals surface area contributed by atoms with Crippen molar-refractivity contribution in [2.24, 2.45) is 5.92 Å². The van der Waals surface area contributed by atoms with Crippen LogP contribution in [0.4, 0.5) is 0 Å². The minimum Gasteiger partial charge on any atom is -0.342 e. The molecule has 1 aromatic carbocycles. The summed E-state index contributed by atoms with van der Waals surface area (Å²) in [6, 6.07) is 12.4. The molecule has 0 unspecified atom stereocenters. The van der Waals surface area contributed by atoms with E-state index in [9.17, 15) is 9.59 Å². The summed E-state index contributed by atoms with van der Waals surface area (Å²) in [5, 5.41) is 0. The van der Waals surface area contributed by atoms with Crippen LogP contribution in [0.15, 0.2) is 42.5 Å². The molecular formula is C26H33N3O2. The maximum Gasteiger partial charge on any atom is 0.246 e. The second kappa shape index (κ2) is 9.54. The number of nitrogens with zero attached hydrogens (tertiary/aromatic N) is 3. The minimum absolute atomic E-state index is 0.0355. The maximum atomic E-state index is 12.8. The standard InChI is InChI=1S/C26H33N3O2/c1-20-19-23(21(2)29(20)24-9-5-3-6-10-24)11-12-25(30)27-17-13-22(14-18-27)26(31)28-15-7-4-8-16-28/h3,5-6,9-12,19,22H,4,7-8,13-18H2,1-2H3/b12-11+. The van der Waals surface area contributed by atoms with Gasteiger partial charge in [-0.15, -0.1) is 0 Å². The van der Waals surface area contributed by atoms with E-state index in [1.54, 1.807) is 6.08 Å². The summed E-state index contributed by atoms with van der Waals surface area (Å²) in [6.07, 6.45) is 8.64. The molecule has 2 aliphatic heterocycles. The largest absolute Gasteiger partial charge is 0.342 e. The molecule has 31 heavy (non-hydrogen) atoms. The minimum atomic E-state index is 0.0355. The number of amides is 2. The second-order valence-electron chi connectivity index (χ2n) is 8.82. The lowest BCUT2D eigenvalue weighted by Crippen LogP contribution is -2.45. The molecule has 5 heteroatoms. The molecule has 2 saturated heterocycles. The average molecular weight is 420 g/mol. The van der Waals surface area contributed by atoms with Gasteiger partial charge in [-0.3, -0.25) is 9.59 Å². The van der Waals surface area contributed by atoms with Crippen molar-refractivity contribution >= 4 is 17.9 Å². The molecule has 0 spiro atoms. The van der Waals surface area contributed by atoms with Gasteiger partial charge in [-0.05, 0) is 75.8 Å². The topological polar surface area (TPSA) is 45.6 Å². The molecule has 0 bridgehead atoms. The van der Waals surface area contributed by atoms with E-state index in [2.05, 4.69) is 36.6 Å². The highest BCUT2D eigenvalue weighted by molar-refractivity contribution is 5.92. The van der Waals surface area contributed by atoms with E-state index < -0.39 is 0 Å². The number of hydrogen-bond donors (Lipinski definition) is 0. The second-order valence-corrected chi connectivity index (χ2v) is 8.82.